The minimum Gasteiger partial charge on any atom is -0.298 e. The zero-order valence-corrected chi connectivity index (χ0v) is 11.1. The Kier molecular flexibility index (Phi) is 3.48. The number of aldehydes is 1. The van der Waals surface area contributed by atoms with E-state index in [0.717, 1.165) is 0 Å². The van der Waals surface area contributed by atoms with E-state index in [1.165, 1.54) is 4.57 Å². The molecule has 0 atom stereocenters. The third kappa shape index (κ3) is 2.47. The number of halogens is 1. The third-order valence-corrected chi connectivity index (χ3v) is 2.57. The van der Waals surface area contributed by atoms with E-state index in [0.29, 0.717) is 10.8 Å². The van der Waals surface area contributed by atoms with Crippen LogP contribution in [0.5, 0.6) is 0 Å². The molecule has 0 fully saturated rings. The Balaban J connectivity index is 3.46. The summed E-state index contributed by atoms with van der Waals surface area (Å²) in [7, 11) is 0. The lowest BCUT2D eigenvalue weighted by Crippen LogP contribution is -2.36. The van der Waals surface area contributed by atoms with Crippen LogP contribution in [-0.2, 0) is 0 Å². The fraction of sp³-hybridized carbons (Fsp3) is 0.364. The van der Waals surface area contributed by atoms with Crippen LogP contribution in [0.3, 0.4) is 0 Å². The van der Waals surface area contributed by atoms with Crippen molar-refractivity contribution >= 4 is 28.1 Å². The predicted octanol–water partition coefficient (Wildman–Crippen LogP) is 2.41. The van der Waals surface area contributed by atoms with Gasteiger partial charge in [0.15, 0.2) is 6.29 Å². The number of nitrogens with one attached hydrogen (secondary N) is 2. The summed E-state index contributed by atoms with van der Waals surface area (Å²) in [5.41, 5.74) is -0.0667. The predicted molar refractivity (Wildman–Crippen MR) is 66.0 cm³/mol. The number of hydrogen-bond donors (Lipinski definition) is 2. The van der Waals surface area contributed by atoms with E-state index in [-0.39, 0.29) is 22.3 Å². The molecule has 0 aromatic carbocycles. The summed E-state index contributed by atoms with van der Waals surface area (Å²) in [5, 5.41) is 15.8. The van der Waals surface area contributed by atoms with E-state index in [1.807, 2.05) is 20.8 Å². The second-order valence-electron chi connectivity index (χ2n) is 4.55. The van der Waals surface area contributed by atoms with Crippen molar-refractivity contribution in [1.29, 1.82) is 10.8 Å². The van der Waals surface area contributed by atoms with Crippen molar-refractivity contribution in [2.24, 2.45) is 5.41 Å². The molecule has 0 bridgehead atoms. The largest absolute Gasteiger partial charge is 0.298 e. The fourth-order valence-corrected chi connectivity index (χ4v) is 1.66. The van der Waals surface area contributed by atoms with Gasteiger partial charge in [0.25, 0.3) is 0 Å². The number of carbonyl (C=O) groups excluding carboxylic acids is 1. The Labute approximate surface area is 102 Å². The SMILES string of the molecule is CC(C)(C)C(=N)n1cc(Br)cc(C=O)c1=N. The smallest absolute Gasteiger partial charge is 0.153 e. The van der Waals surface area contributed by atoms with Crippen LogP contribution in [0, 0.1) is 16.2 Å². The average Bonchev–Trinajstić information content (AvgIpc) is 2.18. The summed E-state index contributed by atoms with van der Waals surface area (Å²) < 4.78 is 2.09. The Morgan fingerprint density at radius 2 is 2.06 bits per heavy atom. The second-order valence-corrected chi connectivity index (χ2v) is 5.46. The molecule has 2 N–H and O–H groups in total. The van der Waals surface area contributed by atoms with Gasteiger partial charge in [-0.3, -0.25) is 20.2 Å². The van der Waals surface area contributed by atoms with Gasteiger partial charge in [0, 0.05) is 16.1 Å². The summed E-state index contributed by atoms with van der Waals surface area (Å²) in [6, 6.07) is 1.57. The molecular weight excluding hydrogens is 270 g/mol. The van der Waals surface area contributed by atoms with Crippen LogP contribution < -0.4 is 5.49 Å². The van der Waals surface area contributed by atoms with Crippen molar-refractivity contribution < 1.29 is 4.79 Å². The lowest BCUT2D eigenvalue weighted by molar-refractivity contribution is 0.112. The van der Waals surface area contributed by atoms with Gasteiger partial charge in [0.05, 0.1) is 5.56 Å². The number of pyridine rings is 1. The summed E-state index contributed by atoms with van der Waals surface area (Å²) in [6.07, 6.45) is 2.25. The Bertz CT molecular complexity index is 497. The number of aromatic nitrogens is 1. The van der Waals surface area contributed by atoms with Gasteiger partial charge >= 0.3 is 0 Å². The topological polar surface area (TPSA) is 69.7 Å². The second kappa shape index (κ2) is 4.33. The normalized spacial score (nSPS) is 11.2. The summed E-state index contributed by atoms with van der Waals surface area (Å²) in [5.74, 6) is 0.280. The van der Waals surface area contributed by atoms with Crippen LogP contribution >= 0.6 is 15.9 Å². The molecule has 5 heteroatoms. The Morgan fingerprint density at radius 1 is 1.50 bits per heavy atom. The van der Waals surface area contributed by atoms with Crippen LogP contribution in [0.25, 0.3) is 0 Å². The fourth-order valence-electron chi connectivity index (χ4n) is 1.21. The highest BCUT2D eigenvalue weighted by atomic mass is 79.9. The van der Waals surface area contributed by atoms with Crippen LogP contribution in [0.4, 0.5) is 0 Å². The van der Waals surface area contributed by atoms with Crippen molar-refractivity contribution in [3.05, 3.63) is 27.8 Å². The zero-order valence-electron chi connectivity index (χ0n) is 9.47. The van der Waals surface area contributed by atoms with Crippen molar-refractivity contribution in [2.75, 3.05) is 0 Å². The molecule has 0 spiro atoms. The summed E-state index contributed by atoms with van der Waals surface area (Å²) >= 11 is 3.26. The molecule has 0 aliphatic heterocycles. The minimum atomic E-state index is -0.374. The first-order chi connectivity index (χ1) is 7.27. The highest BCUT2D eigenvalue weighted by Gasteiger charge is 2.20. The number of hydrogen-bond acceptors (Lipinski definition) is 3. The minimum absolute atomic E-state index is 0.0399. The molecule has 1 aromatic heterocycles. The number of nitrogens with zero attached hydrogens (tertiary/aromatic N) is 1. The molecule has 86 valence electrons. The maximum absolute atomic E-state index is 10.8. The van der Waals surface area contributed by atoms with Crippen molar-refractivity contribution in [3.63, 3.8) is 0 Å². The van der Waals surface area contributed by atoms with E-state index in [4.69, 9.17) is 10.8 Å². The van der Waals surface area contributed by atoms with E-state index in [2.05, 4.69) is 15.9 Å². The van der Waals surface area contributed by atoms with E-state index < -0.39 is 0 Å². The molecule has 0 saturated carbocycles. The first kappa shape index (κ1) is 12.8. The van der Waals surface area contributed by atoms with Gasteiger partial charge < -0.3 is 0 Å². The monoisotopic (exact) mass is 283 g/mol. The Morgan fingerprint density at radius 3 is 2.50 bits per heavy atom. The molecule has 0 aliphatic carbocycles. The van der Waals surface area contributed by atoms with Gasteiger partial charge in [-0.25, -0.2) is 0 Å². The molecule has 0 aliphatic rings. The third-order valence-electron chi connectivity index (χ3n) is 2.14. The molecule has 1 aromatic rings. The van der Waals surface area contributed by atoms with Crippen molar-refractivity contribution in [1.82, 2.24) is 4.57 Å². The highest BCUT2D eigenvalue weighted by molar-refractivity contribution is 9.10. The summed E-state index contributed by atoms with van der Waals surface area (Å²) in [6.45, 7) is 5.68. The molecule has 0 amide bonds. The molecule has 1 rings (SSSR count). The number of rotatable bonds is 1. The lowest BCUT2D eigenvalue weighted by Gasteiger charge is -2.22. The summed E-state index contributed by atoms with van der Waals surface area (Å²) in [4.78, 5) is 10.8. The molecule has 0 saturated heterocycles. The van der Waals surface area contributed by atoms with E-state index in [1.54, 1.807) is 12.3 Å². The first-order valence-corrected chi connectivity index (χ1v) is 5.58. The molecule has 4 nitrogen and oxygen atoms in total. The first-order valence-electron chi connectivity index (χ1n) is 4.78. The van der Waals surface area contributed by atoms with Gasteiger partial charge in [-0.1, -0.05) is 20.8 Å². The molecule has 16 heavy (non-hydrogen) atoms. The zero-order chi connectivity index (χ0) is 12.5. The lowest BCUT2D eigenvalue weighted by atomic mass is 9.95. The molecular formula is C11H14BrN3O. The van der Waals surface area contributed by atoms with Crippen molar-refractivity contribution in [2.45, 2.75) is 20.8 Å². The van der Waals surface area contributed by atoms with Crippen LogP contribution in [0.1, 0.15) is 31.1 Å². The van der Waals surface area contributed by atoms with Gasteiger partial charge in [0.2, 0.25) is 0 Å². The maximum atomic E-state index is 10.8. The molecule has 1 heterocycles. The van der Waals surface area contributed by atoms with Gasteiger partial charge in [-0.15, -0.1) is 0 Å². The molecule has 0 unspecified atom stereocenters. The van der Waals surface area contributed by atoms with E-state index >= 15 is 0 Å². The quantitative estimate of drug-likeness (QED) is 0.464. The van der Waals surface area contributed by atoms with Gasteiger partial charge in [-0.05, 0) is 22.0 Å². The van der Waals surface area contributed by atoms with E-state index in [9.17, 15) is 4.79 Å². The van der Waals surface area contributed by atoms with Gasteiger partial charge in [-0.2, -0.15) is 0 Å². The highest BCUT2D eigenvalue weighted by Crippen LogP contribution is 2.17. The number of carbonyl (C=O) groups is 1. The van der Waals surface area contributed by atoms with Crippen LogP contribution in [-0.4, -0.2) is 16.7 Å². The Hall–Kier alpha value is -1.23. The maximum Gasteiger partial charge on any atom is 0.153 e. The van der Waals surface area contributed by atoms with Crippen LogP contribution in [0.15, 0.2) is 16.7 Å². The average molecular weight is 284 g/mol. The van der Waals surface area contributed by atoms with Crippen LogP contribution in [0.2, 0.25) is 0 Å². The van der Waals surface area contributed by atoms with Gasteiger partial charge in [0.1, 0.15) is 11.3 Å². The van der Waals surface area contributed by atoms with Crippen molar-refractivity contribution in [3.8, 4) is 0 Å². The molecule has 0 radical (unpaired) electrons. The standard InChI is InChI=1S/C11H14BrN3O/c1-11(2,3)10(14)15-5-8(12)4-7(6-16)9(15)13/h4-6,13-14H,1-3H3.